The van der Waals surface area contributed by atoms with Gasteiger partial charge >= 0.3 is 21.7 Å². The van der Waals surface area contributed by atoms with Gasteiger partial charge in [0.2, 0.25) is 0 Å². The maximum Gasteiger partial charge on any atom is 4.00 e. The predicted molar refractivity (Wildman–Crippen MR) is 418 cm³/mol. The number of nitrogens with zero attached hydrogens (tertiary/aromatic N) is 4. The van der Waals surface area contributed by atoms with Crippen molar-refractivity contribution < 1.29 is 21.7 Å². The summed E-state index contributed by atoms with van der Waals surface area (Å²) in [6, 6.07) is 45.7. The molecule has 0 saturated heterocycles. The number of allylic oxidation sites excluding steroid dienone is 8. The van der Waals surface area contributed by atoms with Gasteiger partial charge < -0.3 is 21.3 Å². The van der Waals surface area contributed by atoms with Crippen LogP contribution in [0, 0.1) is 45.3 Å². The number of hydrogen-bond acceptors (Lipinski definition) is 0. The van der Waals surface area contributed by atoms with Crippen molar-refractivity contribution in [3.63, 3.8) is 0 Å². The fraction of sp³-hybridized carbons (Fsp3) is 0.524. The Morgan fingerprint density at radius 3 is 0.559 bits per heavy atom. The molecule has 4 aromatic rings. The van der Waals surface area contributed by atoms with Gasteiger partial charge in [-0.05, 0) is 65.5 Å². The molecule has 0 aromatic heterocycles. The van der Waals surface area contributed by atoms with Crippen molar-refractivity contribution in [3.8, 4) is 0 Å². The van der Waals surface area contributed by atoms with Crippen molar-refractivity contribution >= 4 is 58.8 Å². The Bertz CT molecular complexity index is 2880. The van der Waals surface area contributed by atoms with Crippen LogP contribution in [0.2, 0.25) is 20.2 Å². The molecule has 4 aromatic carbocycles. The first-order valence-corrected chi connectivity index (χ1v) is 41.2. The van der Waals surface area contributed by atoms with Crippen molar-refractivity contribution in [2.24, 2.45) is 45.3 Å². The van der Waals surface area contributed by atoms with E-state index >= 15 is 0 Å². The molecule has 12 unspecified atom stereocenters. The summed E-state index contributed by atoms with van der Waals surface area (Å²) >= 11 is 0. The zero-order chi connectivity index (χ0) is 66.9. The van der Waals surface area contributed by atoms with Crippen LogP contribution >= 0.6 is 0 Å². The second-order valence-electron chi connectivity index (χ2n) is 33.9. The first-order valence-electron chi connectivity index (χ1n) is 35.6. The normalized spacial score (nSPS) is 36.1. The van der Waals surface area contributed by atoms with Crippen LogP contribution in [0.4, 0.5) is 0 Å². The molecule has 8 aliphatic carbocycles. The van der Waals surface area contributed by atoms with E-state index < -0.39 is 0 Å². The van der Waals surface area contributed by atoms with E-state index in [1.807, 2.05) is 0 Å². The quantitative estimate of drug-likeness (QED) is 0.100. The SMILES string of the molecule is CC1CC(C)([N-]C2C=CC=C2)C(C)(C)C1(C)[SiH2]c1ccccc1.CC1CC(C)([N-]C2C=CC=C2)C(C)(C)C1(C)[SiH2]c1ccccc1.CC1CC(C)([N-]C2C=CC=C2)C(C)(C)C1(C)[SiH2]c1ccccc1.CC1CC(C)([N-]C2C=CC=C2)C(C)(C)C1(C)[SiH2]c1ccccc1.[Ti+4]. The Hall–Kier alpha value is -3.78. The summed E-state index contributed by atoms with van der Waals surface area (Å²) in [5, 5.41) is 29.1. The fourth-order valence-electron chi connectivity index (χ4n) is 19.1. The van der Waals surface area contributed by atoms with Crippen LogP contribution in [0.5, 0.6) is 0 Å². The minimum absolute atomic E-state index is 0. The summed E-state index contributed by atoms with van der Waals surface area (Å²) < 4.78 is 0. The maximum absolute atomic E-state index is 5.30. The minimum atomic E-state index is -0.379. The average Bonchev–Trinajstić information content (AvgIpc) is 1.60. The molecule has 0 bridgehead atoms. The molecule has 8 aliphatic rings. The summed E-state index contributed by atoms with van der Waals surface area (Å²) in [5.74, 6) is 2.86. The molecule has 496 valence electrons. The first kappa shape index (κ1) is 75.0. The molecule has 4 saturated carbocycles. The van der Waals surface area contributed by atoms with E-state index in [2.05, 4.69) is 357 Å². The molecule has 4 nitrogen and oxygen atoms in total. The average molecular weight is 1350 g/mol. The van der Waals surface area contributed by atoms with E-state index in [9.17, 15) is 0 Å². The smallest absolute Gasteiger partial charge is 0.647 e. The van der Waals surface area contributed by atoms with E-state index in [1.165, 1.54) is 25.7 Å². The topological polar surface area (TPSA) is 56.4 Å². The van der Waals surface area contributed by atoms with Gasteiger partial charge in [0.15, 0.2) is 0 Å². The van der Waals surface area contributed by atoms with Crippen molar-refractivity contribution in [1.29, 1.82) is 0 Å². The Balaban J connectivity index is 0.000000159. The summed E-state index contributed by atoms with van der Waals surface area (Å²) in [6.07, 6.45) is 39.6. The number of rotatable bonds is 16. The maximum atomic E-state index is 5.30. The molecule has 4 fully saturated rings. The summed E-state index contributed by atoms with van der Waals surface area (Å²) in [4.78, 5) is 0. The monoisotopic (exact) mass is 1340 g/mol. The molecule has 0 amide bonds. The van der Waals surface area contributed by atoms with E-state index in [4.69, 9.17) is 21.3 Å². The fourth-order valence-corrected chi connectivity index (χ4v) is 29.8. The summed E-state index contributed by atoms with van der Waals surface area (Å²) in [7, 11) is -1.51. The van der Waals surface area contributed by atoms with Crippen molar-refractivity contribution in [2.45, 2.75) is 231 Å². The minimum Gasteiger partial charge on any atom is -0.647 e. The van der Waals surface area contributed by atoms with Crippen molar-refractivity contribution in [3.05, 3.63) is 240 Å². The predicted octanol–water partition coefficient (Wildman–Crippen LogP) is 17.4. The third-order valence-electron chi connectivity index (χ3n) is 28.6. The molecule has 93 heavy (non-hydrogen) atoms. The molecule has 12 rings (SSSR count). The summed E-state index contributed by atoms with van der Waals surface area (Å²) in [6.45, 7) is 49.3. The van der Waals surface area contributed by atoms with Crippen LogP contribution < -0.4 is 20.7 Å². The molecular formula is C84H120N4Si4Ti. The van der Waals surface area contributed by atoms with Gasteiger partial charge in [-0.15, -0.1) is 22.2 Å². The van der Waals surface area contributed by atoms with Crippen LogP contribution in [-0.2, 0) is 21.7 Å². The third kappa shape index (κ3) is 14.6. The van der Waals surface area contributed by atoms with Gasteiger partial charge in [-0.1, -0.05) is 428 Å². The Labute approximate surface area is 591 Å². The Morgan fingerprint density at radius 1 is 0.258 bits per heavy atom. The second-order valence-corrected chi connectivity index (χ2v) is 44.4. The molecule has 0 heterocycles. The van der Waals surface area contributed by atoms with E-state index in [0.717, 1.165) is 0 Å². The van der Waals surface area contributed by atoms with Gasteiger partial charge in [0.1, 0.15) is 0 Å². The van der Waals surface area contributed by atoms with E-state index in [0.29, 0.717) is 43.8 Å². The Kier molecular flexibility index (Phi) is 23.4. The standard InChI is InChI=1S/4C21H30NSi.Ti/c4*1-16-15-20(4,22-17-11-9-10-12-17)19(2,3)21(16,5)23-18-13-7-6-8-14-18;/h4*6-14,16-17H,15,23H2,1-5H3;/q4*-1;+4. The van der Waals surface area contributed by atoms with Gasteiger partial charge in [0.05, 0.1) is 38.1 Å². The van der Waals surface area contributed by atoms with Gasteiger partial charge in [0.25, 0.3) is 0 Å². The van der Waals surface area contributed by atoms with Crippen LogP contribution in [0.25, 0.3) is 21.3 Å². The van der Waals surface area contributed by atoms with Crippen molar-refractivity contribution in [2.75, 3.05) is 0 Å². The van der Waals surface area contributed by atoms with E-state index in [-0.39, 0.29) is 128 Å². The van der Waals surface area contributed by atoms with Gasteiger partial charge in [-0.2, -0.15) is 0 Å². The van der Waals surface area contributed by atoms with Crippen LogP contribution in [-0.4, -0.2) is 84.4 Å². The first-order chi connectivity index (χ1) is 43.1. The molecule has 0 aliphatic heterocycles. The van der Waals surface area contributed by atoms with Gasteiger partial charge in [-0.3, -0.25) is 0 Å². The number of benzene rings is 4. The molecule has 0 N–H and O–H groups in total. The van der Waals surface area contributed by atoms with Gasteiger partial charge in [0, 0.05) is 0 Å². The molecule has 12 atom stereocenters. The number of hydrogen-bond donors (Lipinski definition) is 0. The van der Waals surface area contributed by atoms with Crippen LogP contribution in [0.3, 0.4) is 0 Å². The van der Waals surface area contributed by atoms with Gasteiger partial charge in [-0.25, -0.2) is 0 Å². The zero-order valence-electron chi connectivity index (χ0n) is 61.3. The van der Waals surface area contributed by atoms with Crippen LogP contribution in [0.15, 0.2) is 219 Å². The molecular weight excluding hydrogens is 1230 g/mol. The van der Waals surface area contributed by atoms with Crippen molar-refractivity contribution in [1.82, 2.24) is 0 Å². The Morgan fingerprint density at radius 2 is 0.409 bits per heavy atom. The molecule has 9 heteroatoms. The third-order valence-corrected chi connectivity index (χ3v) is 41.3. The molecule has 0 spiro atoms. The second kappa shape index (κ2) is 29.0. The molecule has 0 radical (unpaired) electrons. The van der Waals surface area contributed by atoms with E-state index in [1.54, 1.807) is 20.7 Å². The largest absolute Gasteiger partial charge is 4.00 e. The summed E-state index contributed by atoms with van der Waals surface area (Å²) in [5.41, 5.74) is 1.05. The van der Waals surface area contributed by atoms with Crippen LogP contribution in [0.1, 0.15) is 164 Å². The zero-order valence-corrected chi connectivity index (χ0v) is 68.6.